The van der Waals surface area contributed by atoms with Gasteiger partial charge in [0.15, 0.2) is 0 Å². The molecule has 0 aliphatic heterocycles. The first-order valence-corrected chi connectivity index (χ1v) is 10.2. The lowest BCUT2D eigenvalue weighted by atomic mass is 10.1. The van der Waals surface area contributed by atoms with Crippen molar-refractivity contribution >= 4 is 41.4 Å². The van der Waals surface area contributed by atoms with Crippen LogP contribution in [-0.4, -0.2) is 22.5 Å². The van der Waals surface area contributed by atoms with Gasteiger partial charge in [0.2, 0.25) is 0 Å². The first-order chi connectivity index (χ1) is 14.1. The first-order valence-electron chi connectivity index (χ1n) is 9.77. The quantitative estimate of drug-likeness (QED) is 0.505. The van der Waals surface area contributed by atoms with Crippen LogP contribution in [0.1, 0.15) is 30.2 Å². The molecule has 0 fully saturated rings. The molecular formula is C23H23Cl2N3O2. The molecule has 1 aromatic carbocycles. The van der Waals surface area contributed by atoms with Gasteiger partial charge in [0.1, 0.15) is 0 Å². The minimum absolute atomic E-state index is 0. The SMILES string of the molecule is CCOC(=O)Cc1ccc(Nc2cc(-c3cncc(Cl)c3)nc3c2CCC3)cc1.Cl. The minimum atomic E-state index is -0.208. The van der Waals surface area contributed by atoms with Crippen molar-refractivity contribution in [3.05, 3.63) is 70.6 Å². The van der Waals surface area contributed by atoms with Gasteiger partial charge in [-0.3, -0.25) is 14.8 Å². The molecule has 2 heterocycles. The Morgan fingerprint density at radius 2 is 1.97 bits per heavy atom. The number of aryl methyl sites for hydroxylation is 1. The topological polar surface area (TPSA) is 64.1 Å². The van der Waals surface area contributed by atoms with Crippen molar-refractivity contribution in [3.63, 3.8) is 0 Å². The molecule has 2 aromatic heterocycles. The summed E-state index contributed by atoms with van der Waals surface area (Å²) in [4.78, 5) is 20.7. The second-order valence-electron chi connectivity index (χ2n) is 7.03. The number of esters is 1. The van der Waals surface area contributed by atoms with Crippen LogP contribution in [0.15, 0.2) is 48.8 Å². The van der Waals surface area contributed by atoms with Crippen LogP contribution >= 0.6 is 24.0 Å². The average molecular weight is 444 g/mol. The molecule has 0 saturated heterocycles. The Kier molecular flexibility index (Phi) is 7.29. The van der Waals surface area contributed by atoms with Gasteiger partial charge in [-0.15, -0.1) is 12.4 Å². The van der Waals surface area contributed by atoms with Crippen molar-refractivity contribution < 1.29 is 9.53 Å². The summed E-state index contributed by atoms with van der Waals surface area (Å²) in [6.45, 7) is 2.21. The van der Waals surface area contributed by atoms with Crippen molar-refractivity contribution in [2.75, 3.05) is 11.9 Å². The maximum absolute atomic E-state index is 11.7. The van der Waals surface area contributed by atoms with E-state index in [4.69, 9.17) is 21.3 Å². The van der Waals surface area contributed by atoms with Crippen molar-refractivity contribution in [1.29, 1.82) is 0 Å². The number of nitrogens with zero attached hydrogens (tertiary/aromatic N) is 2. The highest BCUT2D eigenvalue weighted by Crippen LogP contribution is 2.34. The number of benzene rings is 1. The number of rotatable bonds is 6. The normalized spacial score (nSPS) is 12.1. The summed E-state index contributed by atoms with van der Waals surface area (Å²) in [6, 6.07) is 11.8. The Bertz CT molecular complexity index is 1040. The van der Waals surface area contributed by atoms with E-state index in [0.717, 1.165) is 53.2 Å². The molecule has 0 saturated carbocycles. The standard InChI is InChI=1S/C23H22ClN3O2.ClH/c1-2-29-23(28)10-15-6-8-18(9-7-15)26-22-12-21(16-11-17(24)14-25-13-16)27-20-5-3-4-19(20)22;/h6-9,11-14H,2-5,10H2,1H3,(H,26,27);1H. The van der Waals surface area contributed by atoms with Gasteiger partial charge in [-0.05, 0) is 61.6 Å². The van der Waals surface area contributed by atoms with E-state index in [1.54, 1.807) is 12.4 Å². The maximum atomic E-state index is 11.7. The van der Waals surface area contributed by atoms with E-state index in [1.165, 1.54) is 5.56 Å². The van der Waals surface area contributed by atoms with E-state index < -0.39 is 0 Å². The summed E-state index contributed by atoms with van der Waals surface area (Å²) < 4.78 is 5.01. The lowest BCUT2D eigenvalue weighted by molar-refractivity contribution is -0.142. The fourth-order valence-electron chi connectivity index (χ4n) is 3.59. The smallest absolute Gasteiger partial charge is 0.310 e. The number of hydrogen-bond acceptors (Lipinski definition) is 5. The van der Waals surface area contributed by atoms with Gasteiger partial charge in [0.25, 0.3) is 0 Å². The molecule has 5 nitrogen and oxygen atoms in total. The van der Waals surface area contributed by atoms with Crippen molar-refractivity contribution in [3.8, 4) is 11.3 Å². The van der Waals surface area contributed by atoms with Crippen LogP contribution in [0.2, 0.25) is 5.02 Å². The molecule has 0 unspecified atom stereocenters. The highest BCUT2D eigenvalue weighted by atomic mass is 35.5. The number of carbonyl (C=O) groups is 1. The van der Waals surface area contributed by atoms with Gasteiger partial charge in [0.05, 0.1) is 23.7 Å². The number of halogens is 2. The van der Waals surface area contributed by atoms with Crippen LogP contribution in [0.25, 0.3) is 11.3 Å². The zero-order valence-electron chi connectivity index (χ0n) is 16.7. The highest BCUT2D eigenvalue weighted by Gasteiger charge is 2.19. The molecule has 0 amide bonds. The molecule has 4 rings (SSSR count). The third-order valence-electron chi connectivity index (χ3n) is 4.94. The molecule has 1 aliphatic carbocycles. The Hall–Kier alpha value is -2.63. The van der Waals surface area contributed by atoms with Crippen LogP contribution in [0.4, 0.5) is 11.4 Å². The summed E-state index contributed by atoms with van der Waals surface area (Å²) in [7, 11) is 0. The number of pyridine rings is 2. The van der Waals surface area contributed by atoms with Gasteiger partial charge >= 0.3 is 5.97 Å². The number of ether oxygens (including phenoxy) is 1. The molecule has 0 bridgehead atoms. The van der Waals surface area contributed by atoms with E-state index in [1.807, 2.05) is 37.3 Å². The summed E-state index contributed by atoms with van der Waals surface area (Å²) in [5.74, 6) is -0.208. The zero-order chi connectivity index (χ0) is 20.2. The number of anilines is 2. The molecule has 156 valence electrons. The fraction of sp³-hybridized carbons (Fsp3) is 0.261. The maximum Gasteiger partial charge on any atom is 0.310 e. The van der Waals surface area contributed by atoms with Gasteiger partial charge in [-0.1, -0.05) is 23.7 Å². The van der Waals surface area contributed by atoms with Crippen molar-refractivity contribution in [1.82, 2.24) is 9.97 Å². The Morgan fingerprint density at radius 3 is 2.70 bits per heavy atom. The predicted octanol–water partition coefficient (Wildman–Crippen LogP) is 5.56. The fourth-order valence-corrected chi connectivity index (χ4v) is 3.77. The third kappa shape index (κ3) is 5.10. The average Bonchev–Trinajstić information content (AvgIpc) is 3.19. The molecular weight excluding hydrogens is 421 g/mol. The summed E-state index contributed by atoms with van der Waals surface area (Å²) in [5, 5.41) is 4.12. The second-order valence-corrected chi connectivity index (χ2v) is 7.47. The van der Waals surface area contributed by atoms with Crippen LogP contribution in [-0.2, 0) is 28.8 Å². The Morgan fingerprint density at radius 1 is 1.17 bits per heavy atom. The summed E-state index contributed by atoms with van der Waals surface area (Å²) >= 11 is 6.11. The first kappa shape index (κ1) is 22.1. The Labute approximate surface area is 187 Å². The van der Waals surface area contributed by atoms with E-state index in [9.17, 15) is 4.79 Å². The third-order valence-corrected chi connectivity index (χ3v) is 5.14. The van der Waals surface area contributed by atoms with Crippen LogP contribution in [0.5, 0.6) is 0 Å². The van der Waals surface area contributed by atoms with Crippen LogP contribution in [0, 0.1) is 0 Å². The van der Waals surface area contributed by atoms with Crippen LogP contribution < -0.4 is 5.32 Å². The molecule has 0 radical (unpaired) electrons. The second kappa shape index (κ2) is 9.92. The van der Waals surface area contributed by atoms with Gasteiger partial charge < -0.3 is 10.1 Å². The summed E-state index contributed by atoms with van der Waals surface area (Å²) in [6.07, 6.45) is 6.78. The minimum Gasteiger partial charge on any atom is -0.466 e. The van der Waals surface area contributed by atoms with E-state index in [0.29, 0.717) is 11.6 Å². The van der Waals surface area contributed by atoms with E-state index in [-0.39, 0.29) is 24.8 Å². The van der Waals surface area contributed by atoms with E-state index in [2.05, 4.69) is 16.4 Å². The summed E-state index contributed by atoms with van der Waals surface area (Å²) in [5.41, 5.74) is 7.11. The van der Waals surface area contributed by atoms with Crippen LogP contribution in [0.3, 0.4) is 0 Å². The number of aromatic nitrogens is 2. The molecule has 0 spiro atoms. The number of fused-ring (bicyclic) bond motifs is 1. The van der Waals surface area contributed by atoms with Crippen molar-refractivity contribution in [2.24, 2.45) is 0 Å². The van der Waals surface area contributed by atoms with Gasteiger partial charge in [0, 0.05) is 35.0 Å². The molecule has 1 aliphatic rings. The number of hydrogen-bond donors (Lipinski definition) is 1. The lowest BCUT2D eigenvalue weighted by Gasteiger charge is -2.14. The molecule has 0 atom stereocenters. The zero-order valence-corrected chi connectivity index (χ0v) is 18.2. The number of nitrogens with one attached hydrogen (secondary N) is 1. The molecule has 3 aromatic rings. The predicted molar refractivity (Wildman–Crippen MR) is 122 cm³/mol. The highest BCUT2D eigenvalue weighted by molar-refractivity contribution is 6.30. The van der Waals surface area contributed by atoms with Gasteiger partial charge in [-0.25, -0.2) is 0 Å². The monoisotopic (exact) mass is 443 g/mol. The molecule has 30 heavy (non-hydrogen) atoms. The Balaban J connectivity index is 0.00000256. The van der Waals surface area contributed by atoms with Gasteiger partial charge in [-0.2, -0.15) is 0 Å². The number of carbonyl (C=O) groups excluding carboxylic acids is 1. The van der Waals surface area contributed by atoms with E-state index >= 15 is 0 Å². The lowest BCUT2D eigenvalue weighted by Crippen LogP contribution is -2.07. The van der Waals surface area contributed by atoms with Crippen molar-refractivity contribution in [2.45, 2.75) is 32.6 Å². The molecule has 1 N–H and O–H groups in total. The molecule has 7 heteroatoms. The largest absolute Gasteiger partial charge is 0.466 e.